The Morgan fingerprint density at radius 1 is 1.32 bits per heavy atom. The van der Waals surface area contributed by atoms with E-state index in [9.17, 15) is 18.0 Å². The molecule has 19 heavy (non-hydrogen) atoms. The van der Waals surface area contributed by atoms with E-state index in [0.29, 0.717) is 15.7 Å². The van der Waals surface area contributed by atoms with E-state index in [1.165, 1.54) is 25.3 Å². The van der Waals surface area contributed by atoms with Gasteiger partial charge in [0.25, 0.3) is 0 Å². The SMILES string of the molecule is CC(=O)c1ccc(-n2ccc(C(F)(F)F)n2)cc1Br. The molecule has 0 saturated heterocycles. The molecule has 0 aliphatic carbocycles. The van der Waals surface area contributed by atoms with Gasteiger partial charge >= 0.3 is 6.18 Å². The van der Waals surface area contributed by atoms with Crippen molar-refractivity contribution in [2.45, 2.75) is 13.1 Å². The number of hydrogen-bond donors (Lipinski definition) is 0. The normalized spacial score (nSPS) is 11.6. The molecule has 0 aliphatic rings. The van der Waals surface area contributed by atoms with Crippen molar-refractivity contribution in [2.24, 2.45) is 0 Å². The topological polar surface area (TPSA) is 34.9 Å². The van der Waals surface area contributed by atoms with Crippen LogP contribution in [0.25, 0.3) is 5.69 Å². The Labute approximate surface area is 115 Å². The number of rotatable bonds is 2. The highest BCUT2D eigenvalue weighted by Crippen LogP contribution is 2.28. The maximum Gasteiger partial charge on any atom is 0.435 e. The minimum absolute atomic E-state index is 0.130. The predicted octanol–water partition coefficient (Wildman–Crippen LogP) is 3.86. The molecule has 0 atom stereocenters. The lowest BCUT2D eigenvalue weighted by Crippen LogP contribution is -2.07. The number of ketones is 1. The Bertz CT molecular complexity index is 634. The summed E-state index contributed by atoms with van der Waals surface area (Å²) in [4.78, 5) is 11.2. The Morgan fingerprint density at radius 2 is 2.00 bits per heavy atom. The highest BCUT2D eigenvalue weighted by molar-refractivity contribution is 9.10. The number of hydrogen-bond acceptors (Lipinski definition) is 2. The van der Waals surface area contributed by atoms with Crippen LogP contribution in [0.3, 0.4) is 0 Å². The van der Waals surface area contributed by atoms with Crippen molar-refractivity contribution in [3.05, 3.63) is 46.2 Å². The molecule has 0 unspecified atom stereocenters. The van der Waals surface area contributed by atoms with Crippen LogP contribution in [0, 0.1) is 0 Å². The summed E-state index contributed by atoms with van der Waals surface area (Å²) in [5, 5.41) is 3.45. The Kier molecular flexibility index (Phi) is 3.49. The monoisotopic (exact) mass is 332 g/mol. The summed E-state index contributed by atoms with van der Waals surface area (Å²) in [6, 6.07) is 5.52. The molecule has 1 aromatic heterocycles. The molecule has 7 heteroatoms. The smallest absolute Gasteiger partial charge is 0.294 e. The van der Waals surface area contributed by atoms with E-state index < -0.39 is 11.9 Å². The van der Waals surface area contributed by atoms with Gasteiger partial charge in [-0.05, 0) is 47.1 Å². The fourth-order valence-corrected chi connectivity index (χ4v) is 2.20. The first-order valence-corrected chi connectivity index (χ1v) is 6.02. The van der Waals surface area contributed by atoms with Crippen LogP contribution in [-0.2, 0) is 6.18 Å². The van der Waals surface area contributed by atoms with Crippen molar-refractivity contribution < 1.29 is 18.0 Å². The second kappa shape index (κ2) is 4.80. The number of nitrogens with zero attached hydrogens (tertiary/aromatic N) is 2. The van der Waals surface area contributed by atoms with Crippen LogP contribution in [0.1, 0.15) is 23.0 Å². The molecule has 0 fully saturated rings. The van der Waals surface area contributed by atoms with E-state index in [0.717, 1.165) is 10.7 Å². The number of halogens is 4. The summed E-state index contributed by atoms with van der Waals surface area (Å²) in [6.45, 7) is 1.41. The van der Waals surface area contributed by atoms with E-state index >= 15 is 0 Å². The van der Waals surface area contributed by atoms with Crippen LogP contribution >= 0.6 is 15.9 Å². The second-order valence-electron chi connectivity index (χ2n) is 3.86. The van der Waals surface area contributed by atoms with Crippen LogP contribution in [0.5, 0.6) is 0 Å². The molecule has 0 spiro atoms. The highest BCUT2D eigenvalue weighted by atomic mass is 79.9. The molecule has 1 heterocycles. The zero-order valence-corrected chi connectivity index (χ0v) is 11.3. The fourth-order valence-electron chi connectivity index (χ4n) is 1.55. The third-order valence-electron chi connectivity index (χ3n) is 2.48. The van der Waals surface area contributed by atoms with Crippen LogP contribution in [-0.4, -0.2) is 15.6 Å². The molecular formula is C12H8BrF3N2O. The summed E-state index contributed by atoms with van der Waals surface area (Å²) < 4.78 is 38.9. The lowest BCUT2D eigenvalue weighted by atomic mass is 10.1. The van der Waals surface area contributed by atoms with E-state index in [1.807, 2.05) is 0 Å². The molecule has 0 bridgehead atoms. The van der Waals surface area contributed by atoms with Gasteiger partial charge in [0, 0.05) is 16.2 Å². The number of alkyl halides is 3. The molecule has 0 amide bonds. The minimum Gasteiger partial charge on any atom is -0.294 e. The Hall–Kier alpha value is -1.63. The summed E-state index contributed by atoms with van der Waals surface area (Å²) in [7, 11) is 0. The summed E-state index contributed by atoms with van der Waals surface area (Å²) in [6.07, 6.45) is -3.25. The standard InChI is InChI=1S/C12H8BrF3N2O/c1-7(19)9-3-2-8(6-10(9)13)18-5-4-11(17-18)12(14,15)16/h2-6H,1H3. The summed E-state index contributed by atoms with van der Waals surface area (Å²) >= 11 is 3.21. The van der Waals surface area contributed by atoms with Crippen molar-refractivity contribution in [2.75, 3.05) is 0 Å². The third-order valence-corrected chi connectivity index (χ3v) is 3.13. The van der Waals surface area contributed by atoms with Crippen LogP contribution in [0.2, 0.25) is 0 Å². The zero-order chi connectivity index (χ0) is 14.2. The number of carbonyl (C=O) groups is 1. The fraction of sp³-hybridized carbons (Fsp3) is 0.167. The quantitative estimate of drug-likeness (QED) is 0.783. The maximum atomic E-state index is 12.4. The van der Waals surface area contributed by atoms with E-state index in [1.54, 1.807) is 6.07 Å². The minimum atomic E-state index is -4.47. The van der Waals surface area contributed by atoms with Crippen molar-refractivity contribution in [1.29, 1.82) is 0 Å². The first-order valence-electron chi connectivity index (χ1n) is 5.23. The summed E-state index contributed by atoms with van der Waals surface area (Å²) in [5.41, 5.74) is -0.0569. The van der Waals surface area contributed by atoms with Crippen molar-refractivity contribution in [3.63, 3.8) is 0 Å². The molecule has 3 nitrogen and oxygen atoms in total. The van der Waals surface area contributed by atoms with E-state index in [4.69, 9.17) is 0 Å². The third kappa shape index (κ3) is 2.86. The lowest BCUT2D eigenvalue weighted by Gasteiger charge is -2.06. The van der Waals surface area contributed by atoms with Crippen molar-refractivity contribution in [1.82, 2.24) is 9.78 Å². The lowest BCUT2D eigenvalue weighted by molar-refractivity contribution is -0.141. The number of aromatic nitrogens is 2. The van der Waals surface area contributed by atoms with Crippen LogP contribution in [0.4, 0.5) is 13.2 Å². The van der Waals surface area contributed by atoms with Gasteiger partial charge < -0.3 is 0 Å². The molecule has 1 aromatic carbocycles. The van der Waals surface area contributed by atoms with Gasteiger partial charge in [0.05, 0.1) is 5.69 Å². The van der Waals surface area contributed by atoms with Crippen molar-refractivity contribution in [3.8, 4) is 5.69 Å². The number of Topliss-reactive ketones (excluding diaryl/α,β-unsaturated/α-hetero) is 1. The van der Waals surface area contributed by atoms with Crippen LogP contribution in [0.15, 0.2) is 34.9 Å². The predicted molar refractivity (Wildman–Crippen MR) is 66.3 cm³/mol. The average molecular weight is 333 g/mol. The van der Waals surface area contributed by atoms with Gasteiger partial charge in [-0.25, -0.2) is 4.68 Å². The van der Waals surface area contributed by atoms with Gasteiger partial charge in [-0.1, -0.05) is 0 Å². The Morgan fingerprint density at radius 3 is 2.47 bits per heavy atom. The maximum absolute atomic E-state index is 12.4. The zero-order valence-electron chi connectivity index (χ0n) is 9.70. The molecular weight excluding hydrogens is 325 g/mol. The van der Waals surface area contributed by atoms with Crippen LogP contribution < -0.4 is 0 Å². The molecule has 2 aromatic rings. The molecule has 100 valence electrons. The average Bonchev–Trinajstić information content (AvgIpc) is 2.76. The highest BCUT2D eigenvalue weighted by Gasteiger charge is 2.33. The first kappa shape index (κ1) is 13.8. The Balaban J connectivity index is 2.40. The molecule has 2 rings (SSSR count). The number of carbonyl (C=O) groups excluding carboxylic acids is 1. The van der Waals surface area contributed by atoms with Gasteiger partial charge in [0.2, 0.25) is 0 Å². The molecule has 0 N–H and O–H groups in total. The van der Waals surface area contributed by atoms with Crippen molar-refractivity contribution >= 4 is 21.7 Å². The molecule has 0 radical (unpaired) electrons. The summed E-state index contributed by atoms with van der Waals surface area (Å²) in [5.74, 6) is -0.130. The number of benzene rings is 1. The second-order valence-corrected chi connectivity index (χ2v) is 4.72. The van der Waals surface area contributed by atoms with Gasteiger partial charge in [0.1, 0.15) is 0 Å². The van der Waals surface area contributed by atoms with E-state index in [2.05, 4.69) is 21.0 Å². The van der Waals surface area contributed by atoms with E-state index in [-0.39, 0.29) is 5.78 Å². The van der Waals surface area contributed by atoms with Gasteiger partial charge in [0.15, 0.2) is 11.5 Å². The molecule has 0 saturated carbocycles. The van der Waals surface area contributed by atoms with Gasteiger partial charge in [-0.3, -0.25) is 4.79 Å². The largest absolute Gasteiger partial charge is 0.435 e. The van der Waals surface area contributed by atoms with Gasteiger partial charge in [-0.15, -0.1) is 0 Å². The van der Waals surface area contributed by atoms with Gasteiger partial charge in [-0.2, -0.15) is 18.3 Å². The molecule has 0 aliphatic heterocycles. The first-order chi connectivity index (χ1) is 8.79.